The first-order valence-corrected chi connectivity index (χ1v) is 8.46. The van der Waals surface area contributed by atoms with Crippen LogP contribution in [0.5, 0.6) is 0 Å². The predicted octanol–water partition coefficient (Wildman–Crippen LogP) is 3.20. The maximum Gasteiger partial charge on any atom is 0.421 e. The lowest BCUT2D eigenvalue weighted by atomic mass is 10.0. The Morgan fingerprint density at radius 2 is 1.77 bits per heavy atom. The molecule has 0 bridgehead atoms. The Morgan fingerprint density at radius 1 is 1.13 bits per heavy atom. The summed E-state index contributed by atoms with van der Waals surface area (Å²) in [5.74, 6) is -1.54. The van der Waals surface area contributed by atoms with E-state index in [1.165, 1.54) is 38.7 Å². The Bertz CT molecular complexity index is 920. The van der Waals surface area contributed by atoms with Crippen molar-refractivity contribution in [2.24, 2.45) is 0 Å². The van der Waals surface area contributed by atoms with Gasteiger partial charge < -0.3 is 16.0 Å². The Morgan fingerprint density at radius 3 is 2.30 bits per heavy atom. The largest absolute Gasteiger partial charge is 0.421 e. The first-order chi connectivity index (χ1) is 13.7. The smallest absolute Gasteiger partial charge is 0.372 e. The second kappa shape index (κ2) is 7.99. The number of carbonyl (C=O) groups is 1. The summed E-state index contributed by atoms with van der Waals surface area (Å²) in [7, 11) is 1.27. The minimum Gasteiger partial charge on any atom is -0.372 e. The number of halogens is 6. The number of amides is 1. The van der Waals surface area contributed by atoms with Crippen LogP contribution >= 0.6 is 0 Å². The first-order valence-electron chi connectivity index (χ1n) is 8.46. The molecular weight excluding hydrogens is 420 g/mol. The lowest BCUT2D eigenvalue weighted by Gasteiger charge is -2.26. The van der Waals surface area contributed by atoms with Crippen LogP contribution in [-0.4, -0.2) is 45.4 Å². The van der Waals surface area contributed by atoms with Crippen LogP contribution in [0.15, 0.2) is 12.4 Å². The predicted molar refractivity (Wildman–Crippen MR) is 95.2 cm³/mol. The van der Waals surface area contributed by atoms with Gasteiger partial charge >= 0.3 is 12.4 Å². The summed E-state index contributed by atoms with van der Waals surface area (Å²) in [4.78, 5) is 19.6. The first kappa shape index (κ1) is 23.2. The van der Waals surface area contributed by atoms with Crippen molar-refractivity contribution >= 4 is 23.4 Å². The Balaban J connectivity index is 2.26. The number of hydrogen-bond acceptors (Lipinski definition) is 6. The van der Waals surface area contributed by atoms with Gasteiger partial charge in [-0.15, -0.1) is 0 Å². The molecule has 2 aromatic heterocycles. The van der Waals surface area contributed by atoms with E-state index in [9.17, 15) is 31.1 Å². The molecule has 0 saturated carbocycles. The molecule has 0 fully saturated rings. The lowest BCUT2D eigenvalue weighted by molar-refractivity contribution is -0.143. The van der Waals surface area contributed by atoms with Crippen LogP contribution in [0, 0.1) is 6.92 Å². The van der Waals surface area contributed by atoms with Gasteiger partial charge in [0.05, 0.1) is 17.6 Å². The summed E-state index contributed by atoms with van der Waals surface area (Å²) in [6.07, 6.45) is -7.35. The second-order valence-electron chi connectivity index (χ2n) is 6.74. The van der Waals surface area contributed by atoms with Crippen molar-refractivity contribution < 1.29 is 31.1 Å². The van der Waals surface area contributed by atoms with Crippen LogP contribution in [-0.2, 0) is 16.5 Å². The number of anilines is 3. The normalized spacial score (nSPS) is 12.6. The van der Waals surface area contributed by atoms with Crippen molar-refractivity contribution in [2.75, 3.05) is 24.2 Å². The number of rotatable bonds is 6. The average Bonchev–Trinajstić information content (AvgIpc) is 2.99. The highest BCUT2D eigenvalue weighted by molar-refractivity contribution is 5.83. The van der Waals surface area contributed by atoms with E-state index in [4.69, 9.17) is 0 Å². The highest BCUT2D eigenvalue weighted by atomic mass is 19.4. The van der Waals surface area contributed by atoms with Crippen molar-refractivity contribution in [3.8, 4) is 0 Å². The van der Waals surface area contributed by atoms with Crippen molar-refractivity contribution in [1.29, 1.82) is 0 Å². The molecule has 14 heteroatoms. The average molecular weight is 439 g/mol. The van der Waals surface area contributed by atoms with Gasteiger partial charge in [0.25, 0.3) is 0 Å². The van der Waals surface area contributed by atoms with Crippen LogP contribution in [0.1, 0.15) is 25.1 Å². The maximum atomic E-state index is 12.9. The van der Waals surface area contributed by atoms with Gasteiger partial charge in [-0.1, -0.05) is 0 Å². The van der Waals surface area contributed by atoms with E-state index in [2.05, 4.69) is 25.7 Å². The van der Waals surface area contributed by atoms with Gasteiger partial charge in [0.15, 0.2) is 0 Å². The van der Waals surface area contributed by atoms with E-state index in [-0.39, 0.29) is 11.6 Å². The molecule has 0 unspecified atom stereocenters. The van der Waals surface area contributed by atoms with Crippen molar-refractivity contribution in [1.82, 2.24) is 25.1 Å². The quantitative estimate of drug-likeness (QED) is 0.599. The molecule has 2 rings (SSSR count). The third kappa shape index (κ3) is 5.10. The van der Waals surface area contributed by atoms with Gasteiger partial charge in [0.1, 0.15) is 23.5 Å². The molecule has 30 heavy (non-hydrogen) atoms. The SMILES string of the molecule is CNc1nc(Nc2cnn(C(C)(C)C(=O)NCC(F)(F)F)c2C)ncc1C(F)(F)F. The number of carbonyl (C=O) groups excluding carboxylic acids is 1. The number of alkyl halides is 6. The Hall–Kier alpha value is -3.06. The van der Waals surface area contributed by atoms with Gasteiger partial charge in [-0.25, -0.2) is 4.98 Å². The summed E-state index contributed by atoms with van der Waals surface area (Å²) in [5.41, 5.74) is -1.94. The summed E-state index contributed by atoms with van der Waals surface area (Å²) >= 11 is 0. The second-order valence-corrected chi connectivity index (χ2v) is 6.74. The van der Waals surface area contributed by atoms with Crippen LogP contribution < -0.4 is 16.0 Å². The monoisotopic (exact) mass is 439 g/mol. The van der Waals surface area contributed by atoms with Crippen LogP contribution in [0.2, 0.25) is 0 Å². The molecule has 0 spiro atoms. The molecular formula is C16H19F6N7O. The summed E-state index contributed by atoms with van der Waals surface area (Å²) in [5, 5.41) is 10.8. The molecule has 3 N–H and O–H groups in total. The van der Waals surface area contributed by atoms with Gasteiger partial charge in [-0.2, -0.15) is 36.4 Å². The van der Waals surface area contributed by atoms with Crippen LogP contribution in [0.4, 0.5) is 43.8 Å². The summed E-state index contributed by atoms with van der Waals surface area (Å²) in [6, 6.07) is 0. The molecule has 2 heterocycles. The molecule has 0 radical (unpaired) electrons. The van der Waals surface area contributed by atoms with E-state index in [1.54, 1.807) is 5.32 Å². The zero-order chi connectivity index (χ0) is 22.9. The van der Waals surface area contributed by atoms with E-state index in [1.807, 2.05) is 0 Å². The minimum absolute atomic E-state index is 0.172. The number of nitrogens with zero attached hydrogens (tertiary/aromatic N) is 4. The molecule has 0 aliphatic heterocycles. The molecule has 166 valence electrons. The molecule has 0 atom stereocenters. The highest BCUT2D eigenvalue weighted by Gasteiger charge is 2.37. The Kier molecular flexibility index (Phi) is 6.18. The van der Waals surface area contributed by atoms with Crippen molar-refractivity contribution in [3.05, 3.63) is 23.7 Å². The summed E-state index contributed by atoms with van der Waals surface area (Å²) in [6.45, 7) is 2.77. The third-order valence-electron chi connectivity index (χ3n) is 4.12. The van der Waals surface area contributed by atoms with Crippen molar-refractivity contribution in [2.45, 2.75) is 38.7 Å². The molecule has 0 aromatic carbocycles. The Labute approximate surface area is 167 Å². The standard InChI is InChI=1S/C16H19F6N7O/c1-8-10(27-13-24-5-9(16(20,21)22)11(23-4)28-13)6-26-29(8)14(2,3)12(30)25-7-15(17,18)19/h5-6H,7H2,1-4H3,(H,25,30)(H2,23,24,27,28). The van der Waals surface area contributed by atoms with Gasteiger partial charge in [0, 0.05) is 13.2 Å². The molecule has 8 nitrogen and oxygen atoms in total. The molecule has 1 amide bonds. The van der Waals surface area contributed by atoms with E-state index < -0.39 is 41.7 Å². The zero-order valence-corrected chi connectivity index (χ0v) is 16.3. The van der Waals surface area contributed by atoms with E-state index in [0.717, 1.165) is 0 Å². The van der Waals surface area contributed by atoms with Gasteiger partial charge in [-0.3, -0.25) is 9.48 Å². The fourth-order valence-corrected chi connectivity index (χ4v) is 2.55. The third-order valence-corrected chi connectivity index (χ3v) is 4.12. The van der Waals surface area contributed by atoms with Crippen LogP contribution in [0.3, 0.4) is 0 Å². The molecule has 2 aromatic rings. The fourth-order valence-electron chi connectivity index (χ4n) is 2.55. The van der Waals surface area contributed by atoms with E-state index >= 15 is 0 Å². The topological polar surface area (TPSA) is 96.8 Å². The van der Waals surface area contributed by atoms with E-state index in [0.29, 0.717) is 11.9 Å². The number of hydrogen-bond donors (Lipinski definition) is 3. The minimum atomic E-state index is -4.65. The molecule has 0 aliphatic rings. The van der Waals surface area contributed by atoms with Crippen molar-refractivity contribution in [3.63, 3.8) is 0 Å². The number of aromatic nitrogens is 4. The molecule has 0 saturated heterocycles. The zero-order valence-electron chi connectivity index (χ0n) is 16.3. The number of nitrogens with one attached hydrogen (secondary N) is 3. The van der Waals surface area contributed by atoms with Gasteiger partial charge in [-0.05, 0) is 20.8 Å². The van der Waals surface area contributed by atoms with Crippen LogP contribution in [0.25, 0.3) is 0 Å². The maximum absolute atomic E-state index is 12.9. The fraction of sp³-hybridized carbons (Fsp3) is 0.500. The lowest BCUT2D eigenvalue weighted by Crippen LogP contribution is -2.48. The highest BCUT2D eigenvalue weighted by Crippen LogP contribution is 2.34. The molecule has 0 aliphatic carbocycles. The van der Waals surface area contributed by atoms with Gasteiger partial charge in [0.2, 0.25) is 11.9 Å². The summed E-state index contributed by atoms with van der Waals surface area (Å²) < 4.78 is 77.1.